The van der Waals surface area contributed by atoms with E-state index in [-0.39, 0.29) is 0 Å². The third-order valence-electron chi connectivity index (χ3n) is 1.50. The smallest absolute Gasteiger partial charge is 0.0967 e. The van der Waals surface area contributed by atoms with E-state index in [0.717, 1.165) is 12.5 Å². The molecule has 13 heavy (non-hydrogen) atoms. The first kappa shape index (κ1) is 10.6. The zero-order valence-corrected chi connectivity index (χ0v) is 9.01. The summed E-state index contributed by atoms with van der Waals surface area (Å²) in [6.07, 6.45) is 0. The Morgan fingerprint density at radius 3 is 2.54 bits per heavy atom. The first-order valence-electron chi connectivity index (χ1n) is 4.54. The largest absolute Gasteiger partial charge is 0.370 e. The van der Waals surface area contributed by atoms with Gasteiger partial charge >= 0.3 is 0 Å². The lowest BCUT2D eigenvalue weighted by Gasteiger charge is -2.05. The molecule has 0 radical (unpaired) electrons. The molecule has 0 unspecified atom stereocenters. The van der Waals surface area contributed by atoms with E-state index < -0.39 is 0 Å². The van der Waals surface area contributed by atoms with Crippen molar-refractivity contribution in [1.82, 2.24) is 0 Å². The van der Waals surface area contributed by atoms with Crippen molar-refractivity contribution >= 4 is 11.8 Å². The molecule has 0 amide bonds. The second-order valence-electron chi connectivity index (χ2n) is 3.34. The summed E-state index contributed by atoms with van der Waals surface area (Å²) < 4.78 is 5.46. The van der Waals surface area contributed by atoms with Crippen molar-refractivity contribution in [1.29, 1.82) is 0 Å². The molecule has 1 aromatic rings. The lowest BCUT2D eigenvalue weighted by molar-refractivity contribution is 0.153. The molecule has 72 valence electrons. The lowest BCUT2D eigenvalue weighted by atomic mass is 10.2. The fraction of sp³-hybridized carbons (Fsp3) is 0.455. The first-order valence-corrected chi connectivity index (χ1v) is 5.53. The van der Waals surface area contributed by atoms with Crippen LogP contribution in [0, 0.1) is 5.92 Å². The normalized spacial score (nSPS) is 10.7. The molecule has 1 rings (SSSR count). The summed E-state index contributed by atoms with van der Waals surface area (Å²) in [5, 5.41) is 0. The van der Waals surface area contributed by atoms with Gasteiger partial charge in [0.05, 0.1) is 12.5 Å². The van der Waals surface area contributed by atoms with Crippen molar-refractivity contribution in [3.63, 3.8) is 0 Å². The molecule has 0 saturated carbocycles. The van der Waals surface area contributed by atoms with Crippen LogP contribution in [0.25, 0.3) is 0 Å². The Morgan fingerprint density at radius 1 is 1.23 bits per heavy atom. The van der Waals surface area contributed by atoms with Gasteiger partial charge in [-0.2, -0.15) is 0 Å². The van der Waals surface area contributed by atoms with E-state index in [1.165, 1.54) is 4.90 Å². The third-order valence-corrected chi connectivity index (χ3v) is 2.39. The van der Waals surface area contributed by atoms with Gasteiger partial charge in [-0.05, 0) is 18.1 Å². The van der Waals surface area contributed by atoms with Crippen LogP contribution in [-0.4, -0.2) is 12.5 Å². The van der Waals surface area contributed by atoms with Gasteiger partial charge in [-0.15, -0.1) is 0 Å². The Bertz CT molecular complexity index is 221. The predicted octanol–water partition coefficient (Wildman–Crippen LogP) is 3.41. The molecule has 0 bridgehead atoms. The molecule has 2 heteroatoms. The van der Waals surface area contributed by atoms with Gasteiger partial charge < -0.3 is 4.74 Å². The molecule has 0 aliphatic rings. The Labute approximate surface area is 84.5 Å². The molecule has 1 aromatic carbocycles. The van der Waals surface area contributed by atoms with Crippen LogP contribution in [0.1, 0.15) is 13.8 Å². The number of hydrogen-bond donors (Lipinski definition) is 0. The zero-order chi connectivity index (χ0) is 9.52. The summed E-state index contributed by atoms with van der Waals surface area (Å²) in [5.41, 5.74) is 0. The van der Waals surface area contributed by atoms with E-state index in [1.54, 1.807) is 11.8 Å². The van der Waals surface area contributed by atoms with Crippen molar-refractivity contribution in [2.24, 2.45) is 5.92 Å². The van der Waals surface area contributed by atoms with Crippen LogP contribution in [0.15, 0.2) is 35.2 Å². The van der Waals surface area contributed by atoms with Crippen molar-refractivity contribution in [3.8, 4) is 0 Å². The van der Waals surface area contributed by atoms with Crippen molar-refractivity contribution in [2.45, 2.75) is 18.7 Å². The molecule has 0 fully saturated rings. The quantitative estimate of drug-likeness (QED) is 0.405. The van der Waals surface area contributed by atoms with Crippen LogP contribution in [0.5, 0.6) is 0 Å². The Balaban J connectivity index is 2.13. The highest BCUT2D eigenvalue weighted by molar-refractivity contribution is 7.99. The summed E-state index contributed by atoms with van der Waals surface area (Å²) in [7, 11) is 0. The maximum Gasteiger partial charge on any atom is 0.0967 e. The topological polar surface area (TPSA) is 9.23 Å². The third kappa shape index (κ3) is 4.96. The molecule has 0 aromatic heterocycles. The van der Waals surface area contributed by atoms with E-state index in [1.807, 2.05) is 18.2 Å². The SMILES string of the molecule is CC(C)COCSc1ccccc1. The van der Waals surface area contributed by atoms with Crippen molar-refractivity contribution < 1.29 is 4.74 Å². The number of rotatable bonds is 5. The highest BCUT2D eigenvalue weighted by atomic mass is 32.2. The minimum atomic E-state index is 0.622. The molecule has 0 aliphatic heterocycles. The van der Waals surface area contributed by atoms with E-state index in [4.69, 9.17) is 4.74 Å². The van der Waals surface area contributed by atoms with Crippen molar-refractivity contribution in [3.05, 3.63) is 30.3 Å². The minimum Gasteiger partial charge on any atom is -0.370 e. The number of benzene rings is 1. The van der Waals surface area contributed by atoms with Gasteiger partial charge in [0.25, 0.3) is 0 Å². The summed E-state index contributed by atoms with van der Waals surface area (Å²) >= 11 is 1.74. The first-order chi connectivity index (χ1) is 6.29. The average Bonchev–Trinajstić information content (AvgIpc) is 2.14. The fourth-order valence-electron chi connectivity index (χ4n) is 0.910. The van der Waals surface area contributed by atoms with Crippen LogP contribution in [-0.2, 0) is 4.74 Å². The average molecular weight is 196 g/mol. The molecule has 0 aliphatic carbocycles. The van der Waals surface area contributed by atoms with Gasteiger partial charge in [0.1, 0.15) is 0 Å². The highest BCUT2D eigenvalue weighted by Gasteiger charge is 1.94. The summed E-state index contributed by atoms with van der Waals surface area (Å²) in [6.45, 7) is 5.17. The van der Waals surface area contributed by atoms with Crippen molar-refractivity contribution in [2.75, 3.05) is 12.5 Å². The number of hydrogen-bond acceptors (Lipinski definition) is 2. The summed E-state index contributed by atoms with van der Waals surface area (Å²) in [4.78, 5) is 1.27. The molecular formula is C11H16OS. The molecule has 0 spiro atoms. The van der Waals surface area contributed by atoms with E-state index in [2.05, 4.69) is 26.0 Å². The Kier molecular flexibility index (Phi) is 4.94. The molecule has 0 saturated heterocycles. The number of thioether (sulfide) groups is 1. The van der Waals surface area contributed by atoms with Gasteiger partial charge in [-0.1, -0.05) is 43.8 Å². The van der Waals surface area contributed by atoms with E-state index in [0.29, 0.717) is 5.92 Å². The second-order valence-corrected chi connectivity index (χ2v) is 4.34. The van der Waals surface area contributed by atoms with Gasteiger partial charge in [0.2, 0.25) is 0 Å². The zero-order valence-electron chi connectivity index (χ0n) is 8.19. The van der Waals surface area contributed by atoms with Crippen LogP contribution >= 0.6 is 11.8 Å². The monoisotopic (exact) mass is 196 g/mol. The van der Waals surface area contributed by atoms with Gasteiger partial charge in [-0.25, -0.2) is 0 Å². The molecular weight excluding hydrogens is 180 g/mol. The van der Waals surface area contributed by atoms with Crippen LogP contribution < -0.4 is 0 Å². The maximum absolute atomic E-state index is 5.46. The van der Waals surface area contributed by atoms with Gasteiger partial charge in [0.15, 0.2) is 0 Å². The minimum absolute atomic E-state index is 0.622. The van der Waals surface area contributed by atoms with Crippen LogP contribution in [0.4, 0.5) is 0 Å². The van der Waals surface area contributed by atoms with E-state index >= 15 is 0 Å². The van der Waals surface area contributed by atoms with Gasteiger partial charge in [-0.3, -0.25) is 0 Å². The van der Waals surface area contributed by atoms with E-state index in [9.17, 15) is 0 Å². The lowest BCUT2D eigenvalue weighted by Crippen LogP contribution is -2.00. The van der Waals surface area contributed by atoms with Gasteiger partial charge in [0, 0.05) is 4.90 Å². The second kappa shape index (κ2) is 6.06. The summed E-state index contributed by atoms with van der Waals surface area (Å²) in [5.74, 6) is 1.37. The molecule has 0 heterocycles. The van der Waals surface area contributed by atoms with Crippen LogP contribution in [0.3, 0.4) is 0 Å². The number of ether oxygens (including phenoxy) is 1. The molecule has 1 nitrogen and oxygen atoms in total. The summed E-state index contributed by atoms with van der Waals surface area (Å²) in [6, 6.07) is 10.3. The predicted molar refractivity (Wildman–Crippen MR) is 58.0 cm³/mol. The van der Waals surface area contributed by atoms with Crippen LogP contribution in [0.2, 0.25) is 0 Å². The Morgan fingerprint density at radius 2 is 1.92 bits per heavy atom. The highest BCUT2D eigenvalue weighted by Crippen LogP contribution is 2.16. The molecule has 0 atom stereocenters. The fourth-order valence-corrected chi connectivity index (χ4v) is 1.58. The standard InChI is InChI=1S/C11H16OS/c1-10(2)8-12-9-13-11-6-4-3-5-7-11/h3-7,10H,8-9H2,1-2H3. The Hall–Kier alpha value is -0.470. The maximum atomic E-state index is 5.46. The molecule has 0 N–H and O–H groups in total.